The molecule has 0 saturated heterocycles. The molecule has 2 amide bonds. The van der Waals surface area contributed by atoms with Crippen molar-refractivity contribution in [1.29, 1.82) is 0 Å². The Balaban J connectivity index is 1.69. The van der Waals surface area contributed by atoms with Crippen LogP contribution >= 0.6 is 15.9 Å². The number of methoxy groups -OCH3 is 2. The lowest BCUT2D eigenvalue weighted by atomic mass is 10.1. The zero-order valence-electron chi connectivity index (χ0n) is 16.9. The van der Waals surface area contributed by atoms with E-state index in [1.165, 1.54) is 6.21 Å². The Morgan fingerprint density at radius 3 is 2.35 bits per heavy atom. The van der Waals surface area contributed by atoms with E-state index in [2.05, 4.69) is 31.8 Å². The number of rotatable bonds is 7. The highest BCUT2D eigenvalue weighted by Crippen LogP contribution is 2.24. The third kappa shape index (κ3) is 5.70. The molecule has 0 unspecified atom stereocenters. The summed E-state index contributed by atoms with van der Waals surface area (Å²) in [7, 11) is 3.14. The van der Waals surface area contributed by atoms with Gasteiger partial charge < -0.3 is 14.8 Å². The number of ether oxygens (including phenoxy) is 2. The number of nitrogens with zero attached hydrogens (tertiary/aromatic N) is 1. The van der Waals surface area contributed by atoms with Crippen LogP contribution in [0.25, 0.3) is 0 Å². The Morgan fingerprint density at radius 1 is 0.935 bits per heavy atom. The van der Waals surface area contributed by atoms with Crippen molar-refractivity contribution in [3.63, 3.8) is 0 Å². The van der Waals surface area contributed by atoms with E-state index < -0.39 is 5.91 Å². The largest absolute Gasteiger partial charge is 0.497 e. The molecule has 0 spiro atoms. The minimum atomic E-state index is -0.450. The fourth-order valence-corrected chi connectivity index (χ4v) is 3.27. The second kappa shape index (κ2) is 10.4. The van der Waals surface area contributed by atoms with Crippen molar-refractivity contribution in [3.8, 4) is 11.5 Å². The molecule has 7 nitrogen and oxygen atoms in total. The normalized spacial score (nSPS) is 10.5. The van der Waals surface area contributed by atoms with Crippen LogP contribution in [0.15, 0.2) is 76.3 Å². The minimum absolute atomic E-state index is 0.289. The predicted octanol–water partition coefficient (Wildman–Crippen LogP) is 4.48. The zero-order valence-corrected chi connectivity index (χ0v) is 18.5. The first-order chi connectivity index (χ1) is 15.0. The molecule has 0 aliphatic carbocycles. The molecule has 0 saturated carbocycles. The summed E-state index contributed by atoms with van der Waals surface area (Å²) in [4.78, 5) is 25.1. The topological polar surface area (TPSA) is 89.0 Å². The van der Waals surface area contributed by atoms with Crippen molar-refractivity contribution in [2.24, 2.45) is 5.10 Å². The molecule has 3 rings (SSSR count). The molecule has 8 heteroatoms. The first-order valence-corrected chi connectivity index (χ1v) is 10.0. The predicted molar refractivity (Wildman–Crippen MR) is 123 cm³/mol. The maximum absolute atomic E-state index is 12.6. The van der Waals surface area contributed by atoms with E-state index in [1.807, 2.05) is 12.1 Å². The molecule has 3 aromatic carbocycles. The van der Waals surface area contributed by atoms with Gasteiger partial charge in [-0.05, 0) is 76.1 Å². The molecule has 0 aliphatic rings. The SMILES string of the molecule is COc1ccc(C(=O)Nc2ccccc2C(=O)NN=Cc2ccc(OC)c(Br)c2)cc1. The average Bonchev–Trinajstić information content (AvgIpc) is 2.79. The number of hydrogen-bond donors (Lipinski definition) is 2. The highest BCUT2D eigenvalue weighted by Gasteiger charge is 2.14. The maximum Gasteiger partial charge on any atom is 0.273 e. The molecule has 0 bridgehead atoms. The van der Waals surface area contributed by atoms with Gasteiger partial charge in [-0.2, -0.15) is 5.10 Å². The van der Waals surface area contributed by atoms with Gasteiger partial charge in [-0.1, -0.05) is 12.1 Å². The van der Waals surface area contributed by atoms with Gasteiger partial charge >= 0.3 is 0 Å². The second-order valence-corrected chi connectivity index (χ2v) is 7.18. The van der Waals surface area contributed by atoms with Gasteiger partial charge in [0.2, 0.25) is 0 Å². The first kappa shape index (κ1) is 22.0. The third-order valence-electron chi connectivity index (χ3n) is 4.33. The molecule has 158 valence electrons. The molecule has 0 fully saturated rings. The number of benzene rings is 3. The Bertz CT molecular complexity index is 1110. The van der Waals surface area contributed by atoms with Gasteiger partial charge in [0.15, 0.2) is 0 Å². The van der Waals surface area contributed by atoms with Crippen molar-refractivity contribution in [3.05, 3.63) is 87.9 Å². The number of carbonyl (C=O) groups excluding carboxylic acids is 2. The number of nitrogens with one attached hydrogen (secondary N) is 2. The van der Waals surface area contributed by atoms with Crippen LogP contribution in [0.3, 0.4) is 0 Å². The lowest BCUT2D eigenvalue weighted by Gasteiger charge is -2.10. The fourth-order valence-electron chi connectivity index (χ4n) is 2.72. The van der Waals surface area contributed by atoms with Crippen LogP contribution in [0.1, 0.15) is 26.3 Å². The fraction of sp³-hybridized carbons (Fsp3) is 0.0870. The smallest absolute Gasteiger partial charge is 0.273 e. The number of hydrogen-bond acceptors (Lipinski definition) is 5. The molecule has 31 heavy (non-hydrogen) atoms. The minimum Gasteiger partial charge on any atom is -0.497 e. The van der Waals surface area contributed by atoms with E-state index in [0.717, 1.165) is 10.0 Å². The van der Waals surface area contributed by atoms with Crippen molar-refractivity contribution in [2.45, 2.75) is 0 Å². The van der Waals surface area contributed by atoms with Crippen LogP contribution in [0.2, 0.25) is 0 Å². The molecule has 0 aromatic heterocycles. The van der Waals surface area contributed by atoms with Crippen LogP contribution in [0, 0.1) is 0 Å². The average molecular weight is 482 g/mol. The van der Waals surface area contributed by atoms with Crippen LogP contribution in [-0.2, 0) is 0 Å². The number of amides is 2. The Kier molecular flexibility index (Phi) is 7.40. The summed E-state index contributed by atoms with van der Waals surface area (Å²) < 4.78 is 11.1. The second-order valence-electron chi connectivity index (χ2n) is 6.32. The Hall–Kier alpha value is -3.65. The lowest BCUT2D eigenvalue weighted by Crippen LogP contribution is -2.21. The van der Waals surface area contributed by atoms with Crippen molar-refractivity contribution < 1.29 is 19.1 Å². The molecule has 0 aliphatic heterocycles. The molecular formula is C23H20BrN3O4. The summed E-state index contributed by atoms with van der Waals surface area (Å²) in [6.07, 6.45) is 1.51. The van der Waals surface area contributed by atoms with Gasteiger partial charge in [0, 0.05) is 5.56 Å². The molecular weight excluding hydrogens is 462 g/mol. The molecule has 2 N–H and O–H groups in total. The summed E-state index contributed by atoms with van der Waals surface area (Å²) >= 11 is 3.40. The van der Waals surface area contributed by atoms with E-state index in [-0.39, 0.29) is 11.5 Å². The van der Waals surface area contributed by atoms with E-state index in [4.69, 9.17) is 9.47 Å². The standard InChI is InChI=1S/C23H20BrN3O4/c1-30-17-10-8-16(9-11-17)22(28)26-20-6-4-3-5-18(20)23(29)27-25-14-15-7-12-21(31-2)19(24)13-15/h3-14H,1-2H3,(H,26,28)(H,27,29). The summed E-state index contributed by atoms with van der Waals surface area (Å²) in [5.74, 6) is 0.560. The van der Waals surface area contributed by atoms with E-state index in [1.54, 1.807) is 68.8 Å². The number of hydrazone groups is 1. The van der Waals surface area contributed by atoms with Crippen LogP contribution in [0.4, 0.5) is 5.69 Å². The van der Waals surface area contributed by atoms with Gasteiger partial charge in [0.25, 0.3) is 11.8 Å². The zero-order chi connectivity index (χ0) is 22.2. The van der Waals surface area contributed by atoms with E-state index in [9.17, 15) is 9.59 Å². The number of anilines is 1. The quantitative estimate of drug-likeness (QED) is 0.384. The Labute approximate surface area is 188 Å². The number of halogens is 1. The van der Waals surface area contributed by atoms with Crippen LogP contribution < -0.4 is 20.2 Å². The molecule has 3 aromatic rings. The van der Waals surface area contributed by atoms with Crippen molar-refractivity contribution >= 4 is 39.6 Å². The van der Waals surface area contributed by atoms with Crippen LogP contribution in [-0.4, -0.2) is 32.2 Å². The molecule has 0 radical (unpaired) electrons. The highest BCUT2D eigenvalue weighted by atomic mass is 79.9. The van der Waals surface area contributed by atoms with Crippen LogP contribution in [0.5, 0.6) is 11.5 Å². The molecule has 0 heterocycles. The maximum atomic E-state index is 12.6. The monoisotopic (exact) mass is 481 g/mol. The summed E-state index contributed by atoms with van der Waals surface area (Å²) in [6, 6.07) is 18.8. The van der Waals surface area contributed by atoms with E-state index in [0.29, 0.717) is 22.7 Å². The van der Waals surface area contributed by atoms with Gasteiger partial charge in [-0.15, -0.1) is 0 Å². The van der Waals surface area contributed by atoms with Crippen molar-refractivity contribution in [1.82, 2.24) is 5.43 Å². The van der Waals surface area contributed by atoms with Gasteiger partial charge in [-0.3, -0.25) is 9.59 Å². The van der Waals surface area contributed by atoms with E-state index >= 15 is 0 Å². The first-order valence-electron chi connectivity index (χ1n) is 9.23. The summed E-state index contributed by atoms with van der Waals surface area (Å²) in [5, 5.41) is 6.76. The summed E-state index contributed by atoms with van der Waals surface area (Å²) in [6.45, 7) is 0. The number of carbonyl (C=O) groups is 2. The van der Waals surface area contributed by atoms with Crippen molar-refractivity contribution in [2.75, 3.05) is 19.5 Å². The highest BCUT2D eigenvalue weighted by molar-refractivity contribution is 9.10. The summed E-state index contributed by atoms with van der Waals surface area (Å²) in [5.41, 5.74) is 4.36. The Morgan fingerprint density at radius 2 is 1.68 bits per heavy atom. The third-order valence-corrected chi connectivity index (χ3v) is 4.95. The van der Waals surface area contributed by atoms with Gasteiger partial charge in [0.05, 0.1) is 36.2 Å². The number of para-hydroxylation sites is 1. The molecule has 0 atom stereocenters. The lowest BCUT2D eigenvalue weighted by molar-refractivity contribution is 0.0956. The van der Waals surface area contributed by atoms with Gasteiger partial charge in [-0.25, -0.2) is 5.43 Å². The van der Waals surface area contributed by atoms with Gasteiger partial charge in [0.1, 0.15) is 11.5 Å².